The molecule has 0 unspecified atom stereocenters. The van der Waals surface area contributed by atoms with Gasteiger partial charge >= 0.3 is 0 Å². The molecule has 3 nitrogen and oxygen atoms in total. The lowest BCUT2D eigenvalue weighted by Crippen LogP contribution is -2.24. The molecule has 0 atom stereocenters. The average Bonchev–Trinajstić information content (AvgIpc) is 2.40. The van der Waals surface area contributed by atoms with Gasteiger partial charge in [0, 0.05) is 18.4 Å². The molecule has 1 aromatic rings. The molecule has 1 aromatic heterocycles. The van der Waals surface area contributed by atoms with Crippen molar-refractivity contribution in [1.82, 2.24) is 10.3 Å². The van der Waals surface area contributed by atoms with E-state index < -0.39 is 0 Å². The number of aromatic nitrogens is 1. The highest BCUT2D eigenvalue weighted by atomic mass is 16.1. The van der Waals surface area contributed by atoms with Crippen molar-refractivity contribution >= 4 is 5.91 Å². The molecule has 0 aliphatic heterocycles. The number of aromatic amines is 1. The summed E-state index contributed by atoms with van der Waals surface area (Å²) < 4.78 is 0. The second-order valence-corrected chi connectivity index (χ2v) is 2.33. The van der Waals surface area contributed by atoms with Crippen LogP contribution in [0.15, 0.2) is 18.3 Å². The number of carbonyl (C=O) groups is 1. The van der Waals surface area contributed by atoms with Gasteiger partial charge in [0.15, 0.2) is 0 Å². The van der Waals surface area contributed by atoms with Crippen molar-refractivity contribution in [3.8, 4) is 0 Å². The highest BCUT2D eigenvalue weighted by Gasteiger charge is 2.00. The zero-order valence-electron chi connectivity index (χ0n) is 6.55. The van der Waals surface area contributed by atoms with Crippen LogP contribution in [-0.2, 0) is 11.2 Å². The average molecular weight is 152 g/mol. The Morgan fingerprint density at radius 3 is 3.09 bits per heavy atom. The summed E-state index contributed by atoms with van der Waals surface area (Å²) in [4.78, 5) is 13.9. The number of hydrogen-bond acceptors (Lipinski definition) is 1. The van der Waals surface area contributed by atoms with Crippen molar-refractivity contribution in [1.29, 1.82) is 0 Å². The van der Waals surface area contributed by atoms with E-state index in [-0.39, 0.29) is 5.91 Å². The van der Waals surface area contributed by atoms with E-state index in [9.17, 15) is 4.79 Å². The Morgan fingerprint density at radius 2 is 2.55 bits per heavy atom. The van der Waals surface area contributed by atoms with Crippen molar-refractivity contribution < 1.29 is 4.79 Å². The fourth-order valence-electron chi connectivity index (χ4n) is 0.910. The topological polar surface area (TPSA) is 44.9 Å². The maximum Gasteiger partial charge on any atom is 0.225 e. The number of hydrogen-bond donors (Lipinski definition) is 2. The SMILES string of the molecule is CCNC(=O)Cc1ccc[nH]1. The van der Waals surface area contributed by atoms with E-state index >= 15 is 0 Å². The van der Waals surface area contributed by atoms with Crippen molar-refractivity contribution in [3.05, 3.63) is 24.0 Å². The first-order valence-corrected chi connectivity index (χ1v) is 3.72. The first-order chi connectivity index (χ1) is 5.33. The fourth-order valence-corrected chi connectivity index (χ4v) is 0.910. The first kappa shape index (κ1) is 7.85. The molecule has 11 heavy (non-hydrogen) atoms. The third kappa shape index (κ3) is 2.45. The van der Waals surface area contributed by atoms with E-state index in [1.807, 2.05) is 25.3 Å². The maximum atomic E-state index is 11.0. The van der Waals surface area contributed by atoms with Gasteiger partial charge in [-0.25, -0.2) is 0 Å². The lowest BCUT2D eigenvalue weighted by molar-refractivity contribution is -0.120. The standard InChI is InChI=1S/C8H12N2O/c1-2-9-8(11)6-7-4-3-5-10-7/h3-5,10H,2,6H2,1H3,(H,9,11). The highest BCUT2D eigenvalue weighted by Crippen LogP contribution is 1.94. The molecule has 0 aliphatic carbocycles. The molecule has 0 bridgehead atoms. The largest absolute Gasteiger partial charge is 0.365 e. The molecule has 1 rings (SSSR count). The number of nitrogens with one attached hydrogen (secondary N) is 2. The molecule has 60 valence electrons. The molecule has 0 fully saturated rings. The summed E-state index contributed by atoms with van der Waals surface area (Å²) in [6, 6.07) is 3.78. The van der Waals surface area contributed by atoms with Crippen LogP contribution in [0.5, 0.6) is 0 Å². The van der Waals surface area contributed by atoms with Gasteiger partial charge in [-0.2, -0.15) is 0 Å². The zero-order valence-corrected chi connectivity index (χ0v) is 6.55. The summed E-state index contributed by atoms with van der Waals surface area (Å²) in [6.45, 7) is 2.60. The Bertz CT molecular complexity index is 216. The van der Waals surface area contributed by atoms with Crippen LogP contribution in [0.3, 0.4) is 0 Å². The summed E-state index contributed by atoms with van der Waals surface area (Å²) in [7, 11) is 0. The molecule has 0 saturated heterocycles. The fraction of sp³-hybridized carbons (Fsp3) is 0.375. The number of rotatable bonds is 3. The van der Waals surface area contributed by atoms with Crippen LogP contribution in [0.25, 0.3) is 0 Å². The van der Waals surface area contributed by atoms with Gasteiger partial charge in [-0.15, -0.1) is 0 Å². The highest BCUT2D eigenvalue weighted by molar-refractivity contribution is 5.77. The number of amides is 1. The van der Waals surface area contributed by atoms with Gasteiger partial charge in [-0.05, 0) is 19.1 Å². The zero-order chi connectivity index (χ0) is 8.10. The summed E-state index contributed by atoms with van der Waals surface area (Å²) in [5.74, 6) is 0.0648. The molecule has 0 aromatic carbocycles. The van der Waals surface area contributed by atoms with Gasteiger partial charge in [0.25, 0.3) is 0 Å². The second kappa shape index (κ2) is 3.81. The van der Waals surface area contributed by atoms with Crippen LogP contribution in [0, 0.1) is 0 Å². The van der Waals surface area contributed by atoms with Gasteiger partial charge in [0.2, 0.25) is 5.91 Å². The smallest absolute Gasteiger partial charge is 0.225 e. The van der Waals surface area contributed by atoms with E-state index in [4.69, 9.17) is 0 Å². The summed E-state index contributed by atoms with van der Waals surface area (Å²) in [6.07, 6.45) is 2.26. The van der Waals surface area contributed by atoms with Crippen molar-refractivity contribution in [2.45, 2.75) is 13.3 Å². The van der Waals surface area contributed by atoms with E-state index in [1.165, 1.54) is 0 Å². The van der Waals surface area contributed by atoms with Crippen LogP contribution < -0.4 is 5.32 Å². The van der Waals surface area contributed by atoms with Crippen LogP contribution in [0.4, 0.5) is 0 Å². The molecular formula is C8H12N2O. The number of likely N-dealkylation sites (N-methyl/N-ethyl adjacent to an activating group) is 1. The summed E-state index contributed by atoms with van der Waals surface area (Å²) >= 11 is 0. The van der Waals surface area contributed by atoms with E-state index in [0.29, 0.717) is 13.0 Å². The summed E-state index contributed by atoms with van der Waals surface area (Å²) in [5, 5.41) is 2.72. The van der Waals surface area contributed by atoms with E-state index in [0.717, 1.165) is 5.69 Å². The Balaban J connectivity index is 2.37. The molecule has 2 N–H and O–H groups in total. The van der Waals surface area contributed by atoms with Crippen LogP contribution in [-0.4, -0.2) is 17.4 Å². The van der Waals surface area contributed by atoms with Crippen molar-refractivity contribution in [2.75, 3.05) is 6.54 Å². The maximum absolute atomic E-state index is 11.0. The molecule has 3 heteroatoms. The van der Waals surface area contributed by atoms with Gasteiger partial charge in [0.1, 0.15) is 0 Å². The second-order valence-electron chi connectivity index (χ2n) is 2.33. The monoisotopic (exact) mass is 152 g/mol. The predicted molar refractivity (Wildman–Crippen MR) is 43.2 cm³/mol. The van der Waals surface area contributed by atoms with Crippen LogP contribution in [0.2, 0.25) is 0 Å². The van der Waals surface area contributed by atoms with Gasteiger partial charge < -0.3 is 10.3 Å². The molecule has 0 radical (unpaired) electrons. The molecule has 0 aliphatic rings. The third-order valence-electron chi connectivity index (χ3n) is 1.39. The minimum absolute atomic E-state index is 0.0648. The Hall–Kier alpha value is -1.25. The van der Waals surface area contributed by atoms with Crippen molar-refractivity contribution in [3.63, 3.8) is 0 Å². The number of carbonyl (C=O) groups excluding carboxylic acids is 1. The molecule has 1 amide bonds. The Morgan fingerprint density at radius 1 is 1.73 bits per heavy atom. The van der Waals surface area contributed by atoms with Crippen molar-refractivity contribution in [2.24, 2.45) is 0 Å². The lowest BCUT2D eigenvalue weighted by atomic mass is 10.3. The minimum Gasteiger partial charge on any atom is -0.365 e. The lowest BCUT2D eigenvalue weighted by Gasteiger charge is -1.98. The normalized spacial score (nSPS) is 9.55. The van der Waals surface area contributed by atoms with Gasteiger partial charge in [-0.3, -0.25) is 4.79 Å². The molecular weight excluding hydrogens is 140 g/mol. The Kier molecular flexibility index (Phi) is 2.72. The van der Waals surface area contributed by atoms with E-state index in [2.05, 4.69) is 10.3 Å². The molecule has 0 saturated carbocycles. The van der Waals surface area contributed by atoms with Gasteiger partial charge in [0.05, 0.1) is 6.42 Å². The summed E-state index contributed by atoms with van der Waals surface area (Å²) in [5.41, 5.74) is 0.955. The minimum atomic E-state index is 0.0648. The predicted octanol–water partition coefficient (Wildman–Crippen LogP) is 0.693. The molecule has 0 spiro atoms. The third-order valence-corrected chi connectivity index (χ3v) is 1.39. The first-order valence-electron chi connectivity index (χ1n) is 3.72. The van der Waals surface area contributed by atoms with Crippen LogP contribution >= 0.6 is 0 Å². The van der Waals surface area contributed by atoms with Gasteiger partial charge in [-0.1, -0.05) is 0 Å². The molecule has 1 heterocycles. The number of H-pyrrole nitrogens is 1. The quantitative estimate of drug-likeness (QED) is 0.657. The van der Waals surface area contributed by atoms with E-state index in [1.54, 1.807) is 0 Å². The Labute approximate surface area is 65.8 Å². The van der Waals surface area contributed by atoms with Crippen LogP contribution in [0.1, 0.15) is 12.6 Å².